The molecule has 3 aromatic rings. The van der Waals surface area contributed by atoms with E-state index in [1.807, 2.05) is 0 Å². The molecule has 27 heavy (non-hydrogen) atoms. The third-order valence-electron chi connectivity index (χ3n) is 3.78. The summed E-state index contributed by atoms with van der Waals surface area (Å²) in [6, 6.07) is 8.85. The average Bonchev–Trinajstić information content (AvgIpc) is 3.25. The van der Waals surface area contributed by atoms with E-state index < -0.39 is 27.4 Å². The highest BCUT2D eigenvalue weighted by Gasteiger charge is 2.51. The molecule has 2 N–H and O–H groups in total. The molecule has 0 aliphatic heterocycles. The van der Waals surface area contributed by atoms with E-state index in [1.54, 1.807) is 12.1 Å². The van der Waals surface area contributed by atoms with Crippen LogP contribution in [0.2, 0.25) is 0 Å². The molecule has 0 fully saturated rings. The first-order valence-corrected chi connectivity index (χ1v) is 9.74. The SMILES string of the molecule is CC(O)(c1ccc(NS(=O)(=O)c2ccc(-c3ccno3)s2)cc1)C(F)(F)F. The van der Waals surface area contributed by atoms with Crippen LogP contribution < -0.4 is 4.72 Å². The zero-order chi connectivity index (χ0) is 19.9. The summed E-state index contributed by atoms with van der Waals surface area (Å²) in [6.45, 7) is 0.628. The van der Waals surface area contributed by atoms with Gasteiger partial charge in [0.25, 0.3) is 10.0 Å². The summed E-state index contributed by atoms with van der Waals surface area (Å²) >= 11 is 0.955. The first kappa shape index (κ1) is 19.4. The number of benzene rings is 1. The van der Waals surface area contributed by atoms with Gasteiger partial charge < -0.3 is 9.63 Å². The number of sulfonamides is 1. The highest BCUT2D eigenvalue weighted by Crippen LogP contribution is 2.39. The molecule has 0 saturated heterocycles. The Hall–Kier alpha value is -2.37. The van der Waals surface area contributed by atoms with Crippen molar-refractivity contribution >= 4 is 27.0 Å². The fourth-order valence-electron chi connectivity index (χ4n) is 2.17. The van der Waals surface area contributed by atoms with Gasteiger partial charge in [-0.15, -0.1) is 11.3 Å². The maximum atomic E-state index is 12.9. The largest absolute Gasteiger partial charge is 0.421 e. The Balaban J connectivity index is 1.81. The minimum atomic E-state index is -4.86. The van der Waals surface area contributed by atoms with E-state index in [4.69, 9.17) is 4.52 Å². The maximum Gasteiger partial charge on any atom is 0.421 e. The maximum absolute atomic E-state index is 12.9. The van der Waals surface area contributed by atoms with Gasteiger partial charge in [-0.3, -0.25) is 4.72 Å². The molecule has 144 valence electrons. The fraction of sp³-hybridized carbons (Fsp3) is 0.188. The molecule has 0 bridgehead atoms. The number of rotatable bonds is 5. The second-order valence-corrected chi connectivity index (χ2v) is 8.74. The van der Waals surface area contributed by atoms with Gasteiger partial charge in [0.1, 0.15) is 4.21 Å². The van der Waals surface area contributed by atoms with E-state index in [2.05, 4.69) is 9.88 Å². The number of nitrogens with zero attached hydrogens (tertiary/aromatic N) is 1. The van der Waals surface area contributed by atoms with Crippen molar-refractivity contribution in [2.24, 2.45) is 0 Å². The molecular formula is C16H13F3N2O4S2. The number of alkyl halides is 3. The summed E-state index contributed by atoms with van der Waals surface area (Å²) < 4.78 is 70.7. The predicted molar refractivity (Wildman–Crippen MR) is 92.7 cm³/mol. The van der Waals surface area contributed by atoms with Crippen molar-refractivity contribution in [2.75, 3.05) is 4.72 Å². The summed E-state index contributed by atoms with van der Waals surface area (Å²) in [4.78, 5) is 0.560. The van der Waals surface area contributed by atoms with Crippen molar-refractivity contribution in [3.63, 3.8) is 0 Å². The number of nitrogens with one attached hydrogen (secondary N) is 1. The van der Waals surface area contributed by atoms with Crippen molar-refractivity contribution in [3.8, 4) is 10.6 Å². The van der Waals surface area contributed by atoms with Crippen molar-refractivity contribution in [1.82, 2.24) is 5.16 Å². The van der Waals surface area contributed by atoms with Crippen LogP contribution in [0.25, 0.3) is 10.6 Å². The lowest BCUT2D eigenvalue weighted by Crippen LogP contribution is -2.39. The molecular weight excluding hydrogens is 405 g/mol. The van der Waals surface area contributed by atoms with Crippen molar-refractivity contribution in [1.29, 1.82) is 0 Å². The van der Waals surface area contributed by atoms with Crippen LogP contribution in [0.1, 0.15) is 12.5 Å². The van der Waals surface area contributed by atoms with Crippen LogP contribution in [-0.2, 0) is 15.6 Å². The molecule has 0 amide bonds. The molecule has 6 nitrogen and oxygen atoms in total. The Morgan fingerprint density at radius 3 is 2.33 bits per heavy atom. The molecule has 1 atom stereocenters. The quantitative estimate of drug-likeness (QED) is 0.654. The van der Waals surface area contributed by atoms with Crippen LogP contribution in [0.3, 0.4) is 0 Å². The summed E-state index contributed by atoms with van der Waals surface area (Å²) in [6.07, 6.45) is -3.43. The second kappa shape index (κ2) is 6.66. The number of hydrogen-bond donors (Lipinski definition) is 2. The molecule has 1 unspecified atom stereocenters. The molecule has 0 aliphatic carbocycles. The van der Waals surface area contributed by atoms with Gasteiger partial charge >= 0.3 is 6.18 Å². The second-order valence-electron chi connectivity index (χ2n) is 5.75. The van der Waals surface area contributed by atoms with Crippen LogP contribution in [0, 0.1) is 0 Å². The molecule has 11 heteroatoms. The van der Waals surface area contributed by atoms with Gasteiger partial charge in [-0.2, -0.15) is 13.2 Å². The first-order valence-electron chi connectivity index (χ1n) is 7.44. The Labute approximate surface area is 156 Å². The number of hydrogen-bond acceptors (Lipinski definition) is 6. The van der Waals surface area contributed by atoms with Gasteiger partial charge in [0.2, 0.25) is 0 Å². The molecule has 3 rings (SSSR count). The number of aliphatic hydroxyl groups is 1. The lowest BCUT2D eigenvalue weighted by Gasteiger charge is -2.26. The van der Waals surface area contributed by atoms with Crippen LogP contribution in [0.4, 0.5) is 18.9 Å². The molecule has 0 spiro atoms. The summed E-state index contributed by atoms with van der Waals surface area (Å²) in [5, 5.41) is 13.2. The Bertz CT molecular complexity index is 1020. The van der Waals surface area contributed by atoms with E-state index in [0.29, 0.717) is 17.6 Å². The minimum absolute atomic E-state index is 0.000245. The third-order valence-corrected chi connectivity index (χ3v) is 6.75. The monoisotopic (exact) mass is 418 g/mol. The summed E-state index contributed by atoms with van der Waals surface area (Å²) in [7, 11) is -3.94. The van der Waals surface area contributed by atoms with Crippen LogP contribution in [0.5, 0.6) is 0 Å². The van der Waals surface area contributed by atoms with Crippen LogP contribution in [0.15, 0.2) is 57.4 Å². The van der Waals surface area contributed by atoms with Gasteiger partial charge in [-0.25, -0.2) is 8.42 Å². The normalized spacial score (nSPS) is 14.7. The number of thiophene rings is 1. The molecule has 2 aromatic heterocycles. The highest BCUT2D eigenvalue weighted by molar-refractivity contribution is 7.94. The Morgan fingerprint density at radius 2 is 1.78 bits per heavy atom. The fourth-order valence-corrected chi connectivity index (χ4v) is 4.49. The summed E-state index contributed by atoms with van der Waals surface area (Å²) in [5.41, 5.74) is -3.38. The zero-order valence-corrected chi connectivity index (χ0v) is 15.3. The van der Waals surface area contributed by atoms with Gasteiger partial charge in [-0.1, -0.05) is 17.3 Å². The van der Waals surface area contributed by atoms with E-state index >= 15 is 0 Å². The van der Waals surface area contributed by atoms with Crippen molar-refractivity contribution < 1.29 is 31.2 Å². The standard InChI is InChI=1S/C16H13F3N2O4S2/c1-15(22,16(17,18)19)10-2-4-11(5-3-10)21-27(23,24)14-7-6-13(26-14)12-8-9-20-25-12/h2-9,21-22H,1H3. The van der Waals surface area contributed by atoms with E-state index in [1.165, 1.54) is 12.3 Å². The zero-order valence-electron chi connectivity index (χ0n) is 13.7. The number of anilines is 1. The molecule has 0 radical (unpaired) electrons. The Morgan fingerprint density at radius 1 is 1.11 bits per heavy atom. The summed E-state index contributed by atoms with van der Waals surface area (Å²) in [5.74, 6) is 0.417. The van der Waals surface area contributed by atoms with E-state index in [-0.39, 0.29) is 9.90 Å². The number of halogens is 3. The minimum Gasteiger partial charge on any atom is -0.376 e. The topological polar surface area (TPSA) is 92.4 Å². The van der Waals surface area contributed by atoms with Crippen LogP contribution in [-0.4, -0.2) is 24.9 Å². The molecule has 0 aliphatic rings. The van der Waals surface area contributed by atoms with E-state index in [9.17, 15) is 26.7 Å². The van der Waals surface area contributed by atoms with Gasteiger partial charge in [0, 0.05) is 11.8 Å². The van der Waals surface area contributed by atoms with Crippen LogP contribution >= 0.6 is 11.3 Å². The number of aromatic nitrogens is 1. The first-order chi connectivity index (χ1) is 12.5. The van der Waals surface area contributed by atoms with Crippen molar-refractivity contribution in [3.05, 3.63) is 54.2 Å². The molecule has 2 heterocycles. The predicted octanol–water partition coefficient (Wildman–Crippen LogP) is 3.97. The highest BCUT2D eigenvalue weighted by atomic mass is 32.2. The lowest BCUT2D eigenvalue weighted by molar-refractivity contribution is -0.258. The third kappa shape index (κ3) is 3.84. The molecule has 0 saturated carbocycles. The van der Waals surface area contributed by atoms with Gasteiger partial charge in [0.05, 0.1) is 11.1 Å². The van der Waals surface area contributed by atoms with Gasteiger partial charge in [-0.05, 0) is 36.8 Å². The lowest BCUT2D eigenvalue weighted by atomic mass is 9.95. The average molecular weight is 418 g/mol. The van der Waals surface area contributed by atoms with Crippen molar-refractivity contribution in [2.45, 2.75) is 22.9 Å². The van der Waals surface area contributed by atoms with E-state index in [0.717, 1.165) is 35.6 Å². The Kier molecular flexibility index (Phi) is 4.78. The van der Waals surface area contributed by atoms with Gasteiger partial charge in [0.15, 0.2) is 11.4 Å². The smallest absolute Gasteiger partial charge is 0.376 e. The molecule has 1 aromatic carbocycles.